The van der Waals surface area contributed by atoms with Gasteiger partial charge in [-0.3, -0.25) is 0 Å². The molecule has 15 heteroatoms. The van der Waals surface area contributed by atoms with E-state index >= 15 is 0 Å². The highest BCUT2D eigenvalue weighted by atomic mass is 19.4. The van der Waals surface area contributed by atoms with Gasteiger partial charge in [-0.15, -0.1) is 0 Å². The van der Waals surface area contributed by atoms with E-state index in [4.69, 9.17) is 0 Å². The van der Waals surface area contributed by atoms with E-state index in [0.717, 1.165) is 0 Å². The van der Waals surface area contributed by atoms with Crippen molar-refractivity contribution in [1.29, 1.82) is 0 Å². The van der Waals surface area contributed by atoms with Gasteiger partial charge in [0.25, 0.3) is 0 Å². The van der Waals surface area contributed by atoms with Crippen molar-refractivity contribution in [2.75, 3.05) is 0 Å². The van der Waals surface area contributed by atoms with Gasteiger partial charge in [0.15, 0.2) is 0 Å². The molecule has 0 rings (SSSR count). The third-order valence-corrected chi connectivity index (χ3v) is 3.26. The van der Waals surface area contributed by atoms with Crippen LogP contribution in [0, 0.1) is 0 Å². The summed E-state index contributed by atoms with van der Waals surface area (Å²) in [5.74, 6) is -39.2. The molecule has 27 heavy (non-hydrogen) atoms. The van der Waals surface area contributed by atoms with Crippen LogP contribution in [0.25, 0.3) is 0 Å². The number of rotatable bonds is 9. The van der Waals surface area contributed by atoms with Crippen molar-refractivity contribution in [3.05, 3.63) is 12.2 Å². The Morgan fingerprint density at radius 1 is 0.704 bits per heavy atom. The molecule has 0 saturated carbocycles. The van der Waals surface area contributed by atoms with E-state index in [1.807, 2.05) is 0 Å². The molecule has 0 aromatic rings. The van der Waals surface area contributed by atoms with E-state index < -0.39 is 66.6 Å². The van der Waals surface area contributed by atoms with E-state index in [-0.39, 0.29) is 0 Å². The minimum absolute atomic E-state index is 0.977. The van der Waals surface area contributed by atoms with Gasteiger partial charge in [0.05, 0.1) is 5.97 Å². The molecule has 0 aliphatic carbocycles. The van der Waals surface area contributed by atoms with Gasteiger partial charge in [0.1, 0.15) is 0 Å². The summed E-state index contributed by atoms with van der Waals surface area (Å²) in [5.41, 5.74) is -0.977. The molecule has 0 unspecified atom stereocenters. The standard InChI is InChI=1S/C12H9F13O2/c1-5(6(26)27)3-2-4-7(13,14)8(15,16)9(17,18)10(19,20)11(21,22)12(23,24)25/h1-4H2,(H,26,27)/p-1. The molecule has 0 fully saturated rings. The zero-order valence-corrected chi connectivity index (χ0v) is 12.6. The number of carboxylic acids is 1. The molecule has 160 valence electrons. The van der Waals surface area contributed by atoms with E-state index in [9.17, 15) is 67.0 Å². The average molecular weight is 431 g/mol. The number of halogens is 13. The number of aliphatic carboxylic acids is 1. The second-order valence-corrected chi connectivity index (χ2v) is 5.24. The largest absolute Gasteiger partial charge is 0.545 e. The Morgan fingerprint density at radius 3 is 1.41 bits per heavy atom. The summed E-state index contributed by atoms with van der Waals surface area (Å²) in [7, 11) is 0. The molecule has 0 bridgehead atoms. The summed E-state index contributed by atoms with van der Waals surface area (Å²) in [6.07, 6.45) is -12.4. The summed E-state index contributed by atoms with van der Waals surface area (Å²) in [4.78, 5) is 10.2. The lowest BCUT2D eigenvalue weighted by molar-refractivity contribution is -0.440. The van der Waals surface area contributed by atoms with Crippen molar-refractivity contribution in [2.45, 2.75) is 55.1 Å². The molecular weight excluding hydrogens is 423 g/mol. The van der Waals surface area contributed by atoms with Crippen molar-refractivity contribution in [3.8, 4) is 0 Å². The Labute approximate surface area is 141 Å². The second-order valence-electron chi connectivity index (χ2n) is 5.24. The van der Waals surface area contributed by atoms with Crippen LogP contribution in [-0.2, 0) is 4.79 Å². The summed E-state index contributed by atoms with van der Waals surface area (Å²) in [5, 5.41) is 10.2. The molecule has 0 aliphatic heterocycles. The van der Waals surface area contributed by atoms with Crippen LogP contribution in [-0.4, -0.2) is 41.8 Å². The van der Waals surface area contributed by atoms with Crippen molar-refractivity contribution < 1.29 is 67.0 Å². The first kappa shape index (κ1) is 25.3. The normalized spacial score (nSPS) is 15.0. The summed E-state index contributed by atoms with van der Waals surface area (Å²) < 4.78 is 166. The van der Waals surface area contributed by atoms with Gasteiger partial charge in [-0.2, -0.15) is 57.1 Å². The molecular formula is C12H8F13O2-. The predicted molar refractivity (Wildman–Crippen MR) is 58.8 cm³/mol. The fourth-order valence-electron chi connectivity index (χ4n) is 1.58. The third kappa shape index (κ3) is 4.10. The van der Waals surface area contributed by atoms with E-state index in [0.29, 0.717) is 0 Å². The molecule has 0 atom stereocenters. The molecule has 0 heterocycles. The van der Waals surface area contributed by atoms with Gasteiger partial charge in [-0.05, 0) is 18.4 Å². The molecule has 0 saturated heterocycles. The zero-order valence-electron chi connectivity index (χ0n) is 12.6. The fraction of sp³-hybridized carbons (Fsp3) is 0.750. The Hall–Kier alpha value is -1.70. The Kier molecular flexibility index (Phi) is 6.59. The van der Waals surface area contributed by atoms with Gasteiger partial charge < -0.3 is 9.90 Å². The van der Waals surface area contributed by atoms with Gasteiger partial charge in [-0.1, -0.05) is 6.58 Å². The number of carbonyl (C=O) groups is 1. The summed E-state index contributed by atoms with van der Waals surface area (Å²) in [6.45, 7) is 2.70. The van der Waals surface area contributed by atoms with E-state index in [2.05, 4.69) is 6.58 Å². The van der Waals surface area contributed by atoms with Crippen LogP contribution in [0.5, 0.6) is 0 Å². The van der Waals surface area contributed by atoms with Crippen LogP contribution >= 0.6 is 0 Å². The van der Waals surface area contributed by atoms with E-state index in [1.54, 1.807) is 0 Å². The monoisotopic (exact) mass is 431 g/mol. The second kappa shape index (κ2) is 7.04. The van der Waals surface area contributed by atoms with Gasteiger partial charge in [0, 0.05) is 6.42 Å². The molecule has 0 N–H and O–H groups in total. The van der Waals surface area contributed by atoms with Crippen LogP contribution in [0.3, 0.4) is 0 Å². The zero-order chi connectivity index (χ0) is 22.3. The Balaban J connectivity index is 5.80. The maximum absolute atomic E-state index is 13.3. The maximum atomic E-state index is 13.3. The topological polar surface area (TPSA) is 40.1 Å². The molecule has 0 spiro atoms. The summed E-state index contributed by atoms with van der Waals surface area (Å²) >= 11 is 0. The highest BCUT2D eigenvalue weighted by Crippen LogP contribution is 2.60. The van der Waals surface area contributed by atoms with Crippen molar-refractivity contribution >= 4 is 5.97 Å². The number of alkyl halides is 13. The molecule has 0 amide bonds. The van der Waals surface area contributed by atoms with Crippen LogP contribution in [0.2, 0.25) is 0 Å². The number of hydrogen-bond donors (Lipinski definition) is 0. The lowest BCUT2D eigenvalue weighted by Crippen LogP contribution is -2.70. The van der Waals surface area contributed by atoms with Gasteiger partial charge in [0.2, 0.25) is 0 Å². The SMILES string of the molecule is C=C(CCCC(F)(F)C(F)(F)C(F)(F)C(F)(F)C(F)(F)C(F)(F)F)C(=O)[O-]. The highest BCUT2D eigenvalue weighted by Gasteiger charge is 2.90. The van der Waals surface area contributed by atoms with Gasteiger partial charge >= 0.3 is 35.8 Å². The van der Waals surface area contributed by atoms with Crippen molar-refractivity contribution in [2.24, 2.45) is 0 Å². The van der Waals surface area contributed by atoms with Crippen molar-refractivity contribution in [1.82, 2.24) is 0 Å². The Bertz CT molecular complexity index is 576. The van der Waals surface area contributed by atoms with Crippen LogP contribution in [0.15, 0.2) is 12.2 Å². The Morgan fingerprint density at radius 2 is 1.07 bits per heavy atom. The number of hydrogen-bond acceptors (Lipinski definition) is 2. The molecule has 0 radical (unpaired) electrons. The van der Waals surface area contributed by atoms with Gasteiger partial charge in [-0.25, -0.2) is 0 Å². The average Bonchev–Trinajstić information content (AvgIpc) is 2.44. The van der Waals surface area contributed by atoms with Crippen LogP contribution < -0.4 is 5.11 Å². The quantitative estimate of drug-likeness (QED) is 0.406. The maximum Gasteiger partial charge on any atom is 0.460 e. The predicted octanol–water partition coefficient (Wildman–Crippen LogP) is 4.20. The lowest BCUT2D eigenvalue weighted by Gasteiger charge is -2.39. The first-order valence-corrected chi connectivity index (χ1v) is 6.43. The fourth-order valence-corrected chi connectivity index (χ4v) is 1.58. The first-order chi connectivity index (χ1) is 11.6. The van der Waals surface area contributed by atoms with Crippen molar-refractivity contribution in [3.63, 3.8) is 0 Å². The molecule has 0 aliphatic rings. The number of carboxylic acid groups (broad SMARTS) is 1. The minimum atomic E-state index is -7.94. The molecule has 0 aromatic heterocycles. The molecule has 0 aromatic carbocycles. The highest BCUT2D eigenvalue weighted by molar-refractivity contribution is 5.83. The summed E-state index contributed by atoms with van der Waals surface area (Å²) in [6, 6.07) is 0. The minimum Gasteiger partial charge on any atom is -0.545 e. The van der Waals surface area contributed by atoms with Crippen LogP contribution in [0.4, 0.5) is 57.1 Å². The van der Waals surface area contributed by atoms with Crippen LogP contribution in [0.1, 0.15) is 19.3 Å². The third-order valence-electron chi connectivity index (χ3n) is 3.26. The molecule has 2 nitrogen and oxygen atoms in total. The first-order valence-electron chi connectivity index (χ1n) is 6.43. The lowest BCUT2D eigenvalue weighted by atomic mass is 9.91. The smallest absolute Gasteiger partial charge is 0.460 e. The number of carbonyl (C=O) groups excluding carboxylic acids is 1. The van der Waals surface area contributed by atoms with E-state index in [1.165, 1.54) is 0 Å².